The van der Waals surface area contributed by atoms with Crippen LogP contribution in [0, 0.1) is 0 Å². The van der Waals surface area contributed by atoms with Crippen molar-refractivity contribution >= 4 is 5.91 Å². The molecule has 1 heterocycles. The number of hydrogen-bond acceptors (Lipinski definition) is 4. The second-order valence-corrected chi connectivity index (χ2v) is 5.00. The fraction of sp³-hybridized carbons (Fsp3) is 0.267. The number of benzene rings is 1. The molecular formula is C15H17N3O3. The zero-order valence-corrected chi connectivity index (χ0v) is 11.9. The molecule has 0 bridgehead atoms. The van der Waals surface area contributed by atoms with E-state index >= 15 is 0 Å². The van der Waals surface area contributed by atoms with Crippen molar-refractivity contribution in [2.75, 3.05) is 6.54 Å². The Bertz CT molecular complexity index is 693. The molecule has 1 atom stereocenters. The average molecular weight is 287 g/mol. The van der Waals surface area contributed by atoms with Gasteiger partial charge in [-0.15, -0.1) is 0 Å². The molecule has 0 saturated carbocycles. The van der Waals surface area contributed by atoms with E-state index in [2.05, 4.69) is 10.4 Å². The minimum atomic E-state index is -1.18. The van der Waals surface area contributed by atoms with Gasteiger partial charge >= 0.3 is 0 Å². The lowest BCUT2D eigenvalue weighted by Crippen LogP contribution is -2.39. The van der Waals surface area contributed by atoms with Crippen molar-refractivity contribution in [2.24, 2.45) is 7.05 Å². The molecular weight excluding hydrogens is 270 g/mol. The third-order valence-electron chi connectivity index (χ3n) is 3.18. The molecule has 1 unspecified atom stereocenters. The van der Waals surface area contributed by atoms with Crippen LogP contribution in [0.5, 0.6) is 0 Å². The molecule has 1 aromatic heterocycles. The molecule has 0 saturated heterocycles. The lowest BCUT2D eigenvalue weighted by Gasteiger charge is -2.24. The normalized spacial score (nSPS) is 13.5. The van der Waals surface area contributed by atoms with Crippen molar-refractivity contribution in [3.8, 4) is 0 Å². The molecule has 6 heteroatoms. The maximum atomic E-state index is 12.0. The number of aryl methyl sites for hydroxylation is 1. The predicted molar refractivity (Wildman–Crippen MR) is 77.8 cm³/mol. The van der Waals surface area contributed by atoms with Gasteiger partial charge < -0.3 is 10.4 Å². The Hall–Kier alpha value is -2.47. The summed E-state index contributed by atoms with van der Waals surface area (Å²) in [5.41, 5.74) is -0.639. The van der Waals surface area contributed by atoms with Crippen LogP contribution in [0.15, 0.2) is 47.3 Å². The van der Waals surface area contributed by atoms with Gasteiger partial charge in [-0.3, -0.25) is 9.59 Å². The highest BCUT2D eigenvalue weighted by Gasteiger charge is 2.24. The van der Waals surface area contributed by atoms with Crippen LogP contribution in [0.2, 0.25) is 0 Å². The van der Waals surface area contributed by atoms with Crippen LogP contribution < -0.4 is 10.9 Å². The molecule has 0 aliphatic rings. The number of carbonyl (C=O) groups is 1. The lowest BCUT2D eigenvalue weighted by atomic mass is 9.96. The summed E-state index contributed by atoms with van der Waals surface area (Å²) in [5.74, 6) is -0.443. The Kier molecular flexibility index (Phi) is 4.18. The number of carbonyl (C=O) groups excluding carboxylic acids is 1. The van der Waals surface area contributed by atoms with E-state index in [1.54, 1.807) is 19.1 Å². The fourth-order valence-corrected chi connectivity index (χ4v) is 1.87. The number of amides is 1. The first kappa shape index (κ1) is 14.9. The Morgan fingerprint density at radius 1 is 1.29 bits per heavy atom. The summed E-state index contributed by atoms with van der Waals surface area (Å²) >= 11 is 0. The third kappa shape index (κ3) is 3.55. The van der Waals surface area contributed by atoms with Gasteiger partial charge in [-0.2, -0.15) is 5.10 Å². The average Bonchev–Trinajstić information content (AvgIpc) is 2.48. The molecule has 6 nitrogen and oxygen atoms in total. The highest BCUT2D eigenvalue weighted by Crippen LogP contribution is 2.18. The van der Waals surface area contributed by atoms with Crippen LogP contribution in [0.25, 0.3) is 0 Å². The fourth-order valence-electron chi connectivity index (χ4n) is 1.87. The molecule has 0 aliphatic heterocycles. The van der Waals surface area contributed by atoms with E-state index in [-0.39, 0.29) is 17.8 Å². The maximum absolute atomic E-state index is 12.0. The van der Waals surface area contributed by atoms with Crippen LogP contribution in [0.3, 0.4) is 0 Å². The van der Waals surface area contributed by atoms with Gasteiger partial charge in [-0.1, -0.05) is 30.3 Å². The molecule has 0 aliphatic carbocycles. The molecule has 21 heavy (non-hydrogen) atoms. The van der Waals surface area contributed by atoms with Crippen LogP contribution in [-0.2, 0) is 12.6 Å². The summed E-state index contributed by atoms with van der Waals surface area (Å²) in [6, 6.07) is 11.7. The first-order valence-electron chi connectivity index (χ1n) is 6.50. The summed E-state index contributed by atoms with van der Waals surface area (Å²) < 4.78 is 1.09. The van der Waals surface area contributed by atoms with Gasteiger partial charge in [0, 0.05) is 13.1 Å². The largest absolute Gasteiger partial charge is 0.384 e. The predicted octanol–water partition coefficient (Wildman–Crippen LogP) is 0.418. The molecule has 2 rings (SSSR count). The molecule has 2 N–H and O–H groups in total. The Morgan fingerprint density at radius 2 is 1.95 bits per heavy atom. The quantitative estimate of drug-likeness (QED) is 0.853. The molecule has 1 aromatic carbocycles. The van der Waals surface area contributed by atoms with E-state index in [4.69, 9.17) is 0 Å². The van der Waals surface area contributed by atoms with Gasteiger partial charge in [0.15, 0.2) is 0 Å². The summed E-state index contributed by atoms with van der Waals surface area (Å²) in [4.78, 5) is 23.2. The van der Waals surface area contributed by atoms with Crippen molar-refractivity contribution in [3.63, 3.8) is 0 Å². The van der Waals surface area contributed by atoms with Crippen molar-refractivity contribution in [3.05, 3.63) is 64.1 Å². The molecule has 1 amide bonds. The second kappa shape index (κ2) is 5.88. The summed E-state index contributed by atoms with van der Waals surface area (Å²) in [6.07, 6.45) is 0. The first-order chi connectivity index (χ1) is 9.90. The minimum absolute atomic E-state index is 0.0420. The van der Waals surface area contributed by atoms with Crippen LogP contribution in [0.4, 0.5) is 0 Å². The summed E-state index contributed by atoms with van der Waals surface area (Å²) in [7, 11) is 1.47. The monoisotopic (exact) mass is 287 g/mol. The van der Waals surface area contributed by atoms with E-state index in [1.165, 1.54) is 19.2 Å². The Labute approximate surface area is 122 Å². The smallest absolute Gasteiger partial charge is 0.271 e. The van der Waals surface area contributed by atoms with Gasteiger partial charge in [0.05, 0.1) is 6.54 Å². The highest BCUT2D eigenvalue weighted by molar-refractivity contribution is 5.92. The van der Waals surface area contributed by atoms with E-state index in [1.807, 2.05) is 18.2 Å². The van der Waals surface area contributed by atoms with Gasteiger partial charge in [0.25, 0.3) is 11.5 Å². The molecule has 0 radical (unpaired) electrons. The topological polar surface area (TPSA) is 84.2 Å². The number of nitrogens with one attached hydrogen (secondary N) is 1. The van der Waals surface area contributed by atoms with Crippen molar-refractivity contribution in [1.82, 2.24) is 15.1 Å². The number of rotatable bonds is 4. The van der Waals surface area contributed by atoms with E-state index < -0.39 is 11.5 Å². The summed E-state index contributed by atoms with van der Waals surface area (Å²) in [6.45, 7) is 1.66. The zero-order chi connectivity index (χ0) is 15.5. The second-order valence-electron chi connectivity index (χ2n) is 5.00. The highest BCUT2D eigenvalue weighted by atomic mass is 16.3. The standard InChI is InChI=1S/C15H17N3O3/c1-15(21,11-6-4-3-5-7-11)10-16-14(20)12-8-9-13(19)18(2)17-12/h3-9,21H,10H2,1-2H3,(H,16,20). The van der Waals surface area contributed by atoms with Gasteiger partial charge in [0.2, 0.25) is 0 Å². The lowest BCUT2D eigenvalue weighted by molar-refractivity contribution is 0.0524. The van der Waals surface area contributed by atoms with Gasteiger partial charge in [-0.25, -0.2) is 4.68 Å². The van der Waals surface area contributed by atoms with Crippen LogP contribution in [-0.4, -0.2) is 27.3 Å². The maximum Gasteiger partial charge on any atom is 0.271 e. The summed E-state index contributed by atoms with van der Waals surface area (Å²) in [5, 5.41) is 16.9. The minimum Gasteiger partial charge on any atom is -0.384 e. The molecule has 2 aromatic rings. The van der Waals surface area contributed by atoms with E-state index in [0.717, 1.165) is 4.68 Å². The molecule has 0 fully saturated rings. The molecule has 110 valence electrons. The van der Waals surface area contributed by atoms with E-state index in [0.29, 0.717) is 5.56 Å². The number of aromatic nitrogens is 2. The first-order valence-corrected chi connectivity index (χ1v) is 6.50. The van der Waals surface area contributed by atoms with Gasteiger partial charge in [-0.05, 0) is 18.6 Å². The van der Waals surface area contributed by atoms with Crippen LogP contribution in [0.1, 0.15) is 23.0 Å². The molecule has 0 spiro atoms. The number of hydrogen-bond donors (Lipinski definition) is 2. The van der Waals surface area contributed by atoms with Crippen molar-refractivity contribution < 1.29 is 9.90 Å². The SMILES string of the molecule is Cn1nc(C(=O)NCC(C)(O)c2ccccc2)ccc1=O. The van der Waals surface area contributed by atoms with Crippen LogP contribution >= 0.6 is 0 Å². The zero-order valence-electron chi connectivity index (χ0n) is 11.9. The van der Waals surface area contributed by atoms with Crippen molar-refractivity contribution in [2.45, 2.75) is 12.5 Å². The van der Waals surface area contributed by atoms with Gasteiger partial charge in [0.1, 0.15) is 11.3 Å². The Balaban J connectivity index is 2.07. The van der Waals surface area contributed by atoms with Crippen molar-refractivity contribution in [1.29, 1.82) is 0 Å². The Morgan fingerprint density at radius 3 is 2.57 bits per heavy atom. The third-order valence-corrected chi connectivity index (χ3v) is 3.18. The van der Waals surface area contributed by atoms with E-state index in [9.17, 15) is 14.7 Å². The number of aliphatic hydroxyl groups is 1. The number of nitrogens with zero attached hydrogens (tertiary/aromatic N) is 2.